The SMILES string of the molecule is O=C(NCc1ccc(F)cc1)c1noc(C2CC3CCC2O3)n1. The Labute approximate surface area is 132 Å². The molecule has 2 saturated heterocycles. The summed E-state index contributed by atoms with van der Waals surface area (Å²) >= 11 is 0. The van der Waals surface area contributed by atoms with Gasteiger partial charge in [0.05, 0.1) is 18.1 Å². The number of amides is 1. The van der Waals surface area contributed by atoms with Crippen LogP contribution in [0.3, 0.4) is 0 Å². The van der Waals surface area contributed by atoms with Crippen molar-refractivity contribution in [1.82, 2.24) is 15.5 Å². The number of nitrogens with one attached hydrogen (secondary N) is 1. The largest absolute Gasteiger partial charge is 0.374 e. The van der Waals surface area contributed by atoms with Crippen molar-refractivity contribution in [3.8, 4) is 0 Å². The fraction of sp³-hybridized carbons (Fsp3) is 0.438. The predicted octanol–water partition coefficient (Wildman–Crippen LogP) is 2.17. The van der Waals surface area contributed by atoms with E-state index in [1.807, 2.05) is 0 Å². The van der Waals surface area contributed by atoms with Gasteiger partial charge in [0, 0.05) is 6.54 Å². The maximum atomic E-state index is 12.8. The van der Waals surface area contributed by atoms with Crippen LogP contribution in [0, 0.1) is 5.82 Å². The molecule has 2 aliphatic heterocycles. The summed E-state index contributed by atoms with van der Waals surface area (Å²) in [7, 11) is 0. The molecule has 2 fully saturated rings. The van der Waals surface area contributed by atoms with E-state index in [-0.39, 0.29) is 36.3 Å². The highest BCUT2D eigenvalue weighted by molar-refractivity contribution is 5.90. The molecule has 1 aromatic carbocycles. The van der Waals surface area contributed by atoms with Gasteiger partial charge >= 0.3 is 0 Å². The molecule has 4 rings (SSSR count). The second-order valence-corrected chi connectivity index (χ2v) is 5.98. The van der Waals surface area contributed by atoms with E-state index in [2.05, 4.69) is 15.5 Å². The first-order valence-electron chi connectivity index (χ1n) is 7.71. The van der Waals surface area contributed by atoms with Gasteiger partial charge in [-0.05, 0) is 37.0 Å². The molecule has 0 radical (unpaired) electrons. The molecule has 1 aromatic heterocycles. The van der Waals surface area contributed by atoms with Gasteiger partial charge in [-0.25, -0.2) is 4.39 Å². The van der Waals surface area contributed by atoms with Gasteiger partial charge in [-0.1, -0.05) is 17.3 Å². The Morgan fingerprint density at radius 2 is 2.13 bits per heavy atom. The Hall–Kier alpha value is -2.28. The number of nitrogens with zero attached hydrogens (tertiary/aromatic N) is 2. The maximum Gasteiger partial charge on any atom is 0.292 e. The second kappa shape index (κ2) is 5.73. The summed E-state index contributed by atoms with van der Waals surface area (Å²) in [5.41, 5.74) is 0.796. The van der Waals surface area contributed by atoms with Gasteiger partial charge in [-0.3, -0.25) is 4.79 Å². The summed E-state index contributed by atoms with van der Waals surface area (Å²) in [5.74, 6) is -0.127. The molecular formula is C16H16FN3O3. The second-order valence-electron chi connectivity index (χ2n) is 5.98. The summed E-state index contributed by atoms with van der Waals surface area (Å²) in [6, 6.07) is 5.93. The zero-order chi connectivity index (χ0) is 15.8. The molecule has 0 spiro atoms. The lowest BCUT2D eigenvalue weighted by Gasteiger charge is -2.13. The molecule has 7 heteroatoms. The first kappa shape index (κ1) is 14.3. The number of hydrogen-bond acceptors (Lipinski definition) is 5. The molecule has 120 valence electrons. The number of halogens is 1. The van der Waals surface area contributed by atoms with Crippen LogP contribution in [0.4, 0.5) is 4.39 Å². The highest BCUT2D eigenvalue weighted by Crippen LogP contribution is 2.43. The number of fused-ring (bicyclic) bond motifs is 2. The van der Waals surface area contributed by atoms with Gasteiger partial charge in [0.1, 0.15) is 5.82 Å². The molecule has 3 heterocycles. The molecule has 0 aliphatic carbocycles. The first-order valence-corrected chi connectivity index (χ1v) is 7.71. The molecule has 2 bridgehead atoms. The molecule has 6 nitrogen and oxygen atoms in total. The fourth-order valence-corrected chi connectivity index (χ4v) is 3.24. The third-order valence-corrected chi connectivity index (χ3v) is 4.43. The van der Waals surface area contributed by atoms with E-state index in [0.717, 1.165) is 24.8 Å². The lowest BCUT2D eigenvalue weighted by atomic mass is 9.89. The summed E-state index contributed by atoms with van der Waals surface area (Å²) in [6.07, 6.45) is 3.39. The summed E-state index contributed by atoms with van der Waals surface area (Å²) in [6.45, 7) is 0.278. The van der Waals surface area contributed by atoms with E-state index in [0.29, 0.717) is 5.89 Å². The van der Waals surface area contributed by atoms with Gasteiger partial charge in [-0.2, -0.15) is 4.98 Å². The van der Waals surface area contributed by atoms with Gasteiger partial charge in [0.2, 0.25) is 5.89 Å². The molecular weight excluding hydrogens is 301 g/mol. The number of hydrogen-bond donors (Lipinski definition) is 1. The molecule has 1 amide bonds. The van der Waals surface area contributed by atoms with Crippen molar-refractivity contribution in [2.45, 2.75) is 43.9 Å². The average Bonchev–Trinajstić information content (AvgIpc) is 3.29. The third kappa shape index (κ3) is 2.84. The van der Waals surface area contributed by atoms with Gasteiger partial charge in [-0.15, -0.1) is 0 Å². The van der Waals surface area contributed by atoms with Crippen LogP contribution >= 0.6 is 0 Å². The van der Waals surface area contributed by atoms with Crippen molar-refractivity contribution >= 4 is 5.91 Å². The van der Waals surface area contributed by atoms with Crippen molar-refractivity contribution in [3.63, 3.8) is 0 Å². The quantitative estimate of drug-likeness (QED) is 0.935. The maximum absolute atomic E-state index is 12.8. The smallest absolute Gasteiger partial charge is 0.292 e. The monoisotopic (exact) mass is 317 g/mol. The lowest BCUT2D eigenvalue weighted by Crippen LogP contribution is -2.24. The van der Waals surface area contributed by atoms with Crippen LogP contribution in [0.5, 0.6) is 0 Å². The minimum Gasteiger partial charge on any atom is -0.374 e. The van der Waals surface area contributed by atoms with Crippen molar-refractivity contribution in [3.05, 3.63) is 47.4 Å². The number of aromatic nitrogens is 2. The molecule has 2 aromatic rings. The molecule has 23 heavy (non-hydrogen) atoms. The van der Waals surface area contributed by atoms with E-state index in [1.165, 1.54) is 12.1 Å². The Morgan fingerprint density at radius 1 is 1.30 bits per heavy atom. The predicted molar refractivity (Wildman–Crippen MR) is 77.1 cm³/mol. The van der Waals surface area contributed by atoms with Crippen molar-refractivity contribution in [1.29, 1.82) is 0 Å². The van der Waals surface area contributed by atoms with Crippen molar-refractivity contribution in [2.24, 2.45) is 0 Å². The van der Waals surface area contributed by atoms with E-state index in [4.69, 9.17) is 9.26 Å². The van der Waals surface area contributed by atoms with Crippen LogP contribution in [0.25, 0.3) is 0 Å². The van der Waals surface area contributed by atoms with Crippen LogP contribution < -0.4 is 5.32 Å². The van der Waals surface area contributed by atoms with Crippen LogP contribution in [-0.4, -0.2) is 28.3 Å². The molecule has 3 atom stereocenters. The molecule has 1 N–H and O–H groups in total. The van der Waals surface area contributed by atoms with Crippen LogP contribution in [0.1, 0.15) is 47.3 Å². The first-order chi connectivity index (χ1) is 11.2. The van der Waals surface area contributed by atoms with Crippen molar-refractivity contribution < 1.29 is 18.4 Å². The van der Waals surface area contributed by atoms with E-state index in [1.54, 1.807) is 12.1 Å². The number of carbonyl (C=O) groups is 1. The zero-order valence-electron chi connectivity index (χ0n) is 12.4. The third-order valence-electron chi connectivity index (χ3n) is 4.43. The standard InChI is InChI=1S/C16H16FN3O3/c17-10-3-1-9(2-4-10)8-18-15(21)14-19-16(23-20-14)12-7-11-5-6-13(12)22-11/h1-4,11-13H,5-8H2,(H,18,21). The van der Waals surface area contributed by atoms with Crippen LogP contribution in [0.15, 0.2) is 28.8 Å². The zero-order valence-corrected chi connectivity index (χ0v) is 12.4. The minimum atomic E-state index is -0.409. The van der Waals surface area contributed by atoms with E-state index in [9.17, 15) is 9.18 Å². The number of carbonyl (C=O) groups excluding carboxylic acids is 1. The van der Waals surface area contributed by atoms with E-state index < -0.39 is 5.91 Å². The number of ether oxygens (including phenoxy) is 1. The summed E-state index contributed by atoms with van der Waals surface area (Å²) in [4.78, 5) is 16.3. The number of rotatable bonds is 4. The van der Waals surface area contributed by atoms with Crippen molar-refractivity contribution in [2.75, 3.05) is 0 Å². The van der Waals surface area contributed by atoms with Gasteiger partial charge in [0.25, 0.3) is 11.7 Å². The number of benzene rings is 1. The minimum absolute atomic E-state index is 0.0184. The molecule has 2 aliphatic rings. The lowest BCUT2D eigenvalue weighted by molar-refractivity contribution is 0.0937. The van der Waals surface area contributed by atoms with Crippen LogP contribution in [0.2, 0.25) is 0 Å². The fourth-order valence-electron chi connectivity index (χ4n) is 3.24. The highest BCUT2D eigenvalue weighted by Gasteiger charge is 2.44. The Bertz CT molecular complexity index is 716. The average molecular weight is 317 g/mol. The Balaban J connectivity index is 1.38. The van der Waals surface area contributed by atoms with Gasteiger partial charge in [0.15, 0.2) is 0 Å². The summed E-state index contributed by atoms with van der Waals surface area (Å²) < 4.78 is 23.8. The normalized spacial score (nSPS) is 25.7. The molecule has 3 unspecified atom stereocenters. The molecule has 0 saturated carbocycles. The Morgan fingerprint density at radius 3 is 2.83 bits per heavy atom. The topological polar surface area (TPSA) is 77.2 Å². The van der Waals surface area contributed by atoms with Crippen LogP contribution in [-0.2, 0) is 11.3 Å². The van der Waals surface area contributed by atoms with Gasteiger partial charge < -0.3 is 14.6 Å². The Kier molecular flexibility index (Phi) is 3.57. The highest BCUT2D eigenvalue weighted by atomic mass is 19.1. The van der Waals surface area contributed by atoms with E-state index >= 15 is 0 Å². The summed E-state index contributed by atoms with van der Waals surface area (Å²) in [5, 5.41) is 6.45.